The first-order valence-corrected chi connectivity index (χ1v) is 11.2. The lowest BCUT2D eigenvalue weighted by molar-refractivity contribution is -0.123. The van der Waals surface area contributed by atoms with Crippen molar-refractivity contribution in [2.45, 2.75) is 51.4 Å². The van der Waals surface area contributed by atoms with Crippen LogP contribution in [0.3, 0.4) is 0 Å². The Hall–Kier alpha value is -1.82. The number of imide groups is 1. The maximum absolute atomic E-state index is 14.7. The number of anilines is 1. The molecule has 1 saturated carbocycles. The Morgan fingerprint density at radius 2 is 1.75 bits per heavy atom. The molecule has 0 spiro atoms. The first-order valence-electron chi connectivity index (χ1n) is 10.4. The average molecular weight is 403 g/mol. The van der Waals surface area contributed by atoms with Gasteiger partial charge in [-0.2, -0.15) is 0 Å². The predicted molar refractivity (Wildman–Crippen MR) is 112 cm³/mol. The van der Waals surface area contributed by atoms with Gasteiger partial charge in [0, 0.05) is 30.9 Å². The second-order valence-corrected chi connectivity index (χ2v) is 9.04. The van der Waals surface area contributed by atoms with E-state index < -0.39 is 0 Å². The van der Waals surface area contributed by atoms with Crippen molar-refractivity contribution in [3.8, 4) is 0 Å². The standard InChI is InChI=1S/C22H27FN2O2S/c23-19-14-18(24-11-5-2-6-12-24)10-9-17(19)13-20-21(26)25(22(27)28-20)15-16-7-3-1-4-8-16/h9-10,13-14,16H,1-8,11-12,15H2/b20-13+. The summed E-state index contributed by atoms with van der Waals surface area (Å²) >= 11 is 0.928. The zero-order chi connectivity index (χ0) is 19.5. The maximum Gasteiger partial charge on any atom is 0.293 e. The van der Waals surface area contributed by atoms with Gasteiger partial charge in [0.2, 0.25) is 0 Å². The molecule has 4 rings (SSSR count). The summed E-state index contributed by atoms with van der Waals surface area (Å²) in [5, 5.41) is -0.229. The van der Waals surface area contributed by atoms with Gasteiger partial charge in [-0.1, -0.05) is 19.3 Å². The van der Waals surface area contributed by atoms with Gasteiger partial charge in [-0.05, 0) is 74.1 Å². The van der Waals surface area contributed by atoms with Crippen molar-refractivity contribution < 1.29 is 14.0 Å². The summed E-state index contributed by atoms with van der Waals surface area (Å²) in [5.41, 5.74) is 1.25. The summed E-state index contributed by atoms with van der Waals surface area (Å²) < 4.78 is 14.7. The van der Waals surface area contributed by atoms with Crippen LogP contribution in [0.4, 0.5) is 14.9 Å². The van der Waals surface area contributed by atoms with E-state index in [0.29, 0.717) is 22.9 Å². The van der Waals surface area contributed by atoms with Crippen molar-refractivity contribution in [1.82, 2.24) is 4.90 Å². The Kier molecular flexibility index (Phi) is 6.04. The number of carbonyl (C=O) groups excluding carboxylic acids is 2. The lowest BCUT2D eigenvalue weighted by Gasteiger charge is -2.28. The molecular weight excluding hydrogens is 375 g/mol. The molecule has 0 atom stereocenters. The molecule has 2 heterocycles. The maximum atomic E-state index is 14.7. The average Bonchev–Trinajstić information content (AvgIpc) is 2.98. The molecule has 1 aromatic rings. The number of hydrogen-bond donors (Lipinski definition) is 0. The highest BCUT2D eigenvalue weighted by Crippen LogP contribution is 2.35. The number of carbonyl (C=O) groups is 2. The fourth-order valence-corrected chi connectivity index (χ4v) is 5.25. The largest absolute Gasteiger partial charge is 0.371 e. The van der Waals surface area contributed by atoms with Crippen LogP contribution in [0.5, 0.6) is 0 Å². The lowest BCUT2D eigenvalue weighted by Crippen LogP contribution is -2.34. The van der Waals surface area contributed by atoms with E-state index in [2.05, 4.69) is 4.90 Å². The van der Waals surface area contributed by atoms with E-state index in [4.69, 9.17) is 0 Å². The van der Waals surface area contributed by atoms with Gasteiger partial charge < -0.3 is 4.90 Å². The molecule has 0 radical (unpaired) electrons. The third-order valence-corrected chi connectivity index (χ3v) is 6.94. The van der Waals surface area contributed by atoms with Crippen LogP contribution in [0.15, 0.2) is 23.1 Å². The van der Waals surface area contributed by atoms with Crippen molar-refractivity contribution in [3.05, 3.63) is 34.5 Å². The summed E-state index contributed by atoms with van der Waals surface area (Å²) in [6, 6.07) is 5.17. The van der Waals surface area contributed by atoms with E-state index in [9.17, 15) is 14.0 Å². The summed E-state index contributed by atoms with van der Waals surface area (Å²) in [6.45, 7) is 2.41. The number of thioether (sulfide) groups is 1. The van der Waals surface area contributed by atoms with Gasteiger partial charge >= 0.3 is 0 Å². The Morgan fingerprint density at radius 3 is 2.46 bits per heavy atom. The van der Waals surface area contributed by atoms with Gasteiger partial charge in [0.25, 0.3) is 11.1 Å². The molecule has 3 fully saturated rings. The fourth-order valence-electron chi connectivity index (χ4n) is 4.41. The topological polar surface area (TPSA) is 40.6 Å². The second-order valence-electron chi connectivity index (χ2n) is 8.05. The van der Waals surface area contributed by atoms with Gasteiger partial charge in [0.05, 0.1) is 4.91 Å². The minimum atomic E-state index is -0.345. The first-order chi connectivity index (χ1) is 13.6. The van der Waals surface area contributed by atoms with Gasteiger partial charge in [-0.3, -0.25) is 14.5 Å². The monoisotopic (exact) mass is 402 g/mol. The highest BCUT2D eigenvalue weighted by Gasteiger charge is 2.36. The van der Waals surface area contributed by atoms with E-state index in [0.717, 1.165) is 56.2 Å². The molecular formula is C22H27FN2O2S. The molecule has 28 heavy (non-hydrogen) atoms. The molecule has 1 aromatic carbocycles. The van der Waals surface area contributed by atoms with Crippen LogP contribution < -0.4 is 4.90 Å². The van der Waals surface area contributed by atoms with Gasteiger partial charge in [-0.15, -0.1) is 0 Å². The lowest BCUT2D eigenvalue weighted by atomic mass is 9.89. The highest BCUT2D eigenvalue weighted by molar-refractivity contribution is 8.18. The van der Waals surface area contributed by atoms with Crippen molar-refractivity contribution >= 4 is 34.7 Å². The van der Waals surface area contributed by atoms with Crippen molar-refractivity contribution in [3.63, 3.8) is 0 Å². The minimum Gasteiger partial charge on any atom is -0.371 e. The minimum absolute atomic E-state index is 0.229. The number of amides is 2. The summed E-state index contributed by atoms with van der Waals surface area (Å²) in [6.07, 6.45) is 10.8. The predicted octanol–water partition coefficient (Wildman–Crippen LogP) is 5.43. The number of piperidine rings is 1. The number of hydrogen-bond acceptors (Lipinski definition) is 4. The van der Waals surface area contributed by atoms with Crippen LogP contribution in [0.1, 0.15) is 56.9 Å². The molecule has 0 N–H and O–H groups in total. The molecule has 1 aliphatic carbocycles. The van der Waals surface area contributed by atoms with Crippen LogP contribution >= 0.6 is 11.8 Å². The summed E-state index contributed by atoms with van der Waals surface area (Å²) in [4.78, 5) is 28.9. The normalized spacial score (nSPS) is 23.1. The first kappa shape index (κ1) is 19.5. The Labute approximate surface area is 170 Å². The van der Waals surface area contributed by atoms with E-state index in [1.807, 2.05) is 6.07 Å². The fraction of sp³-hybridized carbons (Fsp3) is 0.545. The molecule has 2 saturated heterocycles. The molecule has 0 unspecified atom stereocenters. The molecule has 150 valence electrons. The van der Waals surface area contributed by atoms with Gasteiger partial charge in [-0.25, -0.2) is 4.39 Å². The van der Waals surface area contributed by atoms with Crippen LogP contribution in [-0.4, -0.2) is 35.7 Å². The second kappa shape index (κ2) is 8.68. The van der Waals surface area contributed by atoms with E-state index in [1.165, 1.54) is 36.7 Å². The zero-order valence-electron chi connectivity index (χ0n) is 16.2. The number of nitrogens with zero attached hydrogens (tertiary/aromatic N) is 2. The Bertz CT molecular complexity index is 783. The van der Waals surface area contributed by atoms with Crippen LogP contribution in [0.25, 0.3) is 6.08 Å². The van der Waals surface area contributed by atoms with E-state index in [1.54, 1.807) is 12.1 Å². The molecule has 0 bridgehead atoms. The van der Waals surface area contributed by atoms with Crippen molar-refractivity contribution in [1.29, 1.82) is 0 Å². The number of halogens is 1. The zero-order valence-corrected chi connectivity index (χ0v) is 17.0. The van der Waals surface area contributed by atoms with Crippen molar-refractivity contribution in [2.24, 2.45) is 5.92 Å². The van der Waals surface area contributed by atoms with Gasteiger partial charge in [0.1, 0.15) is 5.82 Å². The Balaban J connectivity index is 1.47. The third kappa shape index (κ3) is 4.27. The molecule has 2 amide bonds. The molecule has 6 heteroatoms. The summed E-state index contributed by atoms with van der Waals surface area (Å²) in [7, 11) is 0. The number of rotatable bonds is 4. The quantitative estimate of drug-likeness (QED) is 0.630. The van der Waals surface area contributed by atoms with Crippen LogP contribution in [0, 0.1) is 11.7 Å². The number of benzene rings is 1. The van der Waals surface area contributed by atoms with Crippen molar-refractivity contribution in [2.75, 3.05) is 24.5 Å². The van der Waals surface area contributed by atoms with Crippen LogP contribution in [-0.2, 0) is 4.79 Å². The van der Waals surface area contributed by atoms with E-state index in [-0.39, 0.29) is 17.0 Å². The smallest absolute Gasteiger partial charge is 0.293 e. The Morgan fingerprint density at radius 1 is 1.04 bits per heavy atom. The summed E-state index contributed by atoms with van der Waals surface area (Å²) in [5.74, 6) is -0.218. The molecule has 0 aromatic heterocycles. The van der Waals surface area contributed by atoms with E-state index >= 15 is 0 Å². The highest BCUT2D eigenvalue weighted by atomic mass is 32.2. The third-order valence-electron chi connectivity index (χ3n) is 6.03. The molecule has 4 nitrogen and oxygen atoms in total. The van der Waals surface area contributed by atoms with Gasteiger partial charge in [0.15, 0.2) is 0 Å². The van der Waals surface area contributed by atoms with Crippen LogP contribution in [0.2, 0.25) is 0 Å². The SMILES string of the molecule is O=C1S/C(=C/c2ccc(N3CCCCC3)cc2F)C(=O)N1CC1CCCCC1. The molecule has 2 aliphatic heterocycles. The molecule has 3 aliphatic rings.